The van der Waals surface area contributed by atoms with Gasteiger partial charge in [0.2, 0.25) is 0 Å². The molecule has 0 N–H and O–H groups in total. The minimum Gasteiger partial charge on any atom is -0.456 e. The second-order valence-corrected chi connectivity index (χ2v) is 11.6. The van der Waals surface area contributed by atoms with Crippen molar-refractivity contribution < 1.29 is 13.3 Å². The fourth-order valence-electron chi connectivity index (χ4n) is 7.07. The number of nitrogens with zero attached hydrogens (tertiary/aromatic N) is 1. The van der Waals surface area contributed by atoms with Crippen molar-refractivity contribution in [3.63, 3.8) is 0 Å². The lowest BCUT2D eigenvalue weighted by atomic mass is 10.0. The van der Waals surface area contributed by atoms with E-state index in [9.17, 15) is 0 Å². The van der Waals surface area contributed by atoms with E-state index in [2.05, 4.69) is 120 Å². The van der Waals surface area contributed by atoms with Crippen molar-refractivity contribution in [2.45, 2.75) is 0 Å². The molecule has 0 spiro atoms. The van der Waals surface area contributed by atoms with E-state index in [4.69, 9.17) is 13.3 Å². The summed E-state index contributed by atoms with van der Waals surface area (Å²) in [6, 6.07) is 52.2. The second kappa shape index (κ2) is 9.62. The van der Waals surface area contributed by atoms with Crippen molar-refractivity contribution >= 4 is 82.9 Å². The molecule has 46 heavy (non-hydrogen) atoms. The highest BCUT2D eigenvalue weighted by Crippen LogP contribution is 2.49. The highest BCUT2D eigenvalue weighted by molar-refractivity contribution is 6.19. The molecule has 10 rings (SSSR count). The lowest BCUT2D eigenvalue weighted by Crippen LogP contribution is -2.11. The van der Waals surface area contributed by atoms with Crippen LogP contribution in [0, 0.1) is 0 Å². The molecule has 0 fully saturated rings. The molecule has 0 unspecified atom stereocenters. The molecule has 4 heteroatoms. The van der Waals surface area contributed by atoms with E-state index < -0.39 is 0 Å². The average molecular weight is 592 g/mol. The summed E-state index contributed by atoms with van der Waals surface area (Å²) in [6.07, 6.45) is 0. The predicted octanol–water partition coefficient (Wildman–Crippen LogP) is 12.5. The summed E-state index contributed by atoms with van der Waals surface area (Å²) in [7, 11) is 0. The molecule has 0 aliphatic heterocycles. The molecule has 10 aromatic rings. The summed E-state index contributed by atoms with van der Waals surface area (Å²) in [5, 5.41) is 6.36. The second-order valence-electron chi connectivity index (χ2n) is 11.6. The fourth-order valence-corrected chi connectivity index (χ4v) is 7.07. The van der Waals surface area contributed by atoms with Crippen molar-refractivity contribution in [1.82, 2.24) is 0 Å². The molecule has 4 nitrogen and oxygen atoms in total. The predicted molar refractivity (Wildman–Crippen MR) is 188 cm³/mol. The Hall–Kier alpha value is -6.26. The van der Waals surface area contributed by atoms with Crippen LogP contribution in [-0.4, -0.2) is 0 Å². The number of benzene rings is 7. The van der Waals surface area contributed by atoms with Crippen molar-refractivity contribution in [3.05, 3.63) is 152 Å². The minimum atomic E-state index is 0.804. The van der Waals surface area contributed by atoms with E-state index in [1.165, 1.54) is 0 Å². The molecule has 0 amide bonds. The number of anilines is 3. The van der Waals surface area contributed by atoms with Crippen molar-refractivity contribution in [2.24, 2.45) is 0 Å². The highest BCUT2D eigenvalue weighted by Gasteiger charge is 2.26. The maximum absolute atomic E-state index is 6.95. The van der Waals surface area contributed by atoms with Crippen molar-refractivity contribution in [2.75, 3.05) is 4.90 Å². The number of para-hydroxylation sites is 5. The maximum Gasteiger partial charge on any atom is 0.159 e. The van der Waals surface area contributed by atoms with Crippen molar-refractivity contribution in [1.29, 1.82) is 0 Å². The third kappa shape index (κ3) is 3.55. The Balaban J connectivity index is 1.34. The lowest BCUT2D eigenvalue weighted by molar-refractivity contribution is 0.666. The lowest BCUT2D eigenvalue weighted by Gasteiger charge is -2.26. The smallest absolute Gasteiger partial charge is 0.159 e. The number of fused-ring (bicyclic) bond motifs is 9. The van der Waals surface area contributed by atoms with Crippen LogP contribution in [-0.2, 0) is 0 Å². The van der Waals surface area contributed by atoms with E-state index in [-0.39, 0.29) is 0 Å². The van der Waals surface area contributed by atoms with Gasteiger partial charge in [-0.3, -0.25) is 0 Å². The van der Waals surface area contributed by atoms with Gasteiger partial charge in [0.15, 0.2) is 11.2 Å². The standard InChI is InChI=1S/C42H25NO3/c1-2-12-26(13-3-1)27-16-8-17-30-31-19-10-22-35(42(31)46-40(27)30)43(33-20-11-25-38-39(33)32-15-5-7-24-37(32)44-38)34-21-9-18-29-28-14-4-6-23-36(28)45-41(29)34/h1-25H. The Bertz CT molecular complexity index is 2760. The summed E-state index contributed by atoms with van der Waals surface area (Å²) in [4.78, 5) is 2.28. The van der Waals surface area contributed by atoms with Crippen LogP contribution in [0.3, 0.4) is 0 Å². The van der Waals surface area contributed by atoms with Crippen LogP contribution in [0.25, 0.3) is 76.9 Å². The Morgan fingerprint density at radius 3 is 1.63 bits per heavy atom. The van der Waals surface area contributed by atoms with E-state index >= 15 is 0 Å². The molecule has 3 heterocycles. The molecule has 0 aliphatic rings. The molecule has 3 aromatic heterocycles. The van der Waals surface area contributed by atoms with Gasteiger partial charge in [0.1, 0.15) is 22.3 Å². The Morgan fingerprint density at radius 1 is 0.326 bits per heavy atom. The van der Waals surface area contributed by atoms with Gasteiger partial charge in [0.25, 0.3) is 0 Å². The summed E-state index contributed by atoms with van der Waals surface area (Å²) in [6.45, 7) is 0. The van der Waals surface area contributed by atoms with Crippen molar-refractivity contribution in [3.8, 4) is 11.1 Å². The van der Waals surface area contributed by atoms with Crippen LogP contribution in [0.1, 0.15) is 0 Å². The van der Waals surface area contributed by atoms with E-state index in [1.54, 1.807) is 0 Å². The van der Waals surface area contributed by atoms with Gasteiger partial charge < -0.3 is 18.2 Å². The first kappa shape index (κ1) is 25.1. The SMILES string of the molecule is c1ccc(-c2cccc3c2oc2c(N(c4cccc5c4oc4ccccc45)c4cccc5oc6ccccc6c45)cccc23)cc1. The molecule has 0 saturated carbocycles. The summed E-state index contributed by atoms with van der Waals surface area (Å²) in [5.74, 6) is 0. The molecule has 0 radical (unpaired) electrons. The van der Waals surface area contributed by atoms with Gasteiger partial charge in [0.05, 0.1) is 22.4 Å². The molecule has 0 bridgehead atoms. The van der Waals surface area contributed by atoms with Gasteiger partial charge >= 0.3 is 0 Å². The average Bonchev–Trinajstić information content (AvgIpc) is 3.81. The first-order chi connectivity index (χ1) is 22.8. The molecule has 0 saturated heterocycles. The van der Waals surface area contributed by atoms with Gasteiger partial charge in [-0.05, 0) is 42.0 Å². The number of hydrogen-bond acceptors (Lipinski definition) is 4. The minimum absolute atomic E-state index is 0.804. The van der Waals surface area contributed by atoms with Gasteiger partial charge in [-0.15, -0.1) is 0 Å². The summed E-state index contributed by atoms with van der Waals surface area (Å²) < 4.78 is 20.0. The Morgan fingerprint density at radius 2 is 0.848 bits per heavy atom. The van der Waals surface area contributed by atoms with E-state index in [0.29, 0.717) is 0 Å². The van der Waals surface area contributed by atoms with E-state index in [0.717, 1.165) is 94.0 Å². The van der Waals surface area contributed by atoms with Crippen LogP contribution in [0.15, 0.2) is 165 Å². The zero-order valence-electron chi connectivity index (χ0n) is 24.6. The Labute approximate surface area is 263 Å². The van der Waals surface area contributed by atoms with Gasteiger partial charge in [-0.2, -0.15) is 0 Å². The third-order valence-electron chi connectivity index (χ3n) is 9.08. The van der Waals surface area contributed by atoms with Crippen LogP contribution in [0.4, 0.5) is 17.1 Å². The van der Waals surface area contributed by atoms with Gasteiger partial charge in [-0.25, -0.2) is 0 Å². The Kier molecular flexibility index (Phi) is 5.25. The maximum atomic E-state index is 6.95. The van der Waals surface area contributed by atoms with Crippen LogP contribution in [0.2, 0.25) is 0 Å². The zero-order valence-corrected chi connectivity index (χ0v) is 24.6. The molecule has 216 valence electrons. The number of furan rings is 3. The first-order valence-electron chi connectivity index (χ1n) is 15.4. The number of hydrogen-bond donors (Lipinski definition) is 0. The van der Waals surface area contributed by atoms with Crippen LogP contribution < -0.4 is 4.90 Å². The van der Waals surface area contributed by atoms with Gasteiger partial charge in [0, 0.05) is 32.5 Å². The largest absolute Gasteiger partial charge is 0.456 e. The quantitative estimate of drug-likeness (QED) is 0.204. The monoisotopic (exact) mass is 591 g/mol. The fraction of sp³-hybridized carbons (Fsp3) is 0. The molecular weight excluding hydrogens is 566 g/mol. The third-order valence-corrected chi connectivity index (χ3v) is 9.08. The van der Waals surface area contributed by atoms with E-state index in [1.807, 2.05) is 36.4 Å². The molecule has 0 aliphatic carbocycles. The zero-order chi connectivity index (χ0) is 30.2. The van der Waals surface area contributed by atoms with Crippen LogP contribution in [0.5, 0.6) is 0 Å². The molecular formula is C42H25NO3. The number of rotatable bonds is 4. The summed E-state index contributed by atoms with van der Waals surface area (Å²) >= 11 is 0. The van der Waals surface area contributed by atoms with Crippen LogP contribution >= 0.6 is 0 Å². The first-order valence-corrected chi connectivity index (χ1v) is 15.4. The highest BCUT2D eigenvalue weighted by atomic mass is 16.3. The molecule has 0 atom stereocenters. The van der Waals surface area contributed by atoms with Gasteiger partial charge in [-0.1, -0.05) is 115 Å². The molecule has 7 aromatic carbocycles. The summed E-state index contributed by atoms with van der Waals surface area (Å²) in [5.41, 5.74) is 10.0. The topological polar surface area (TPSA) is 42.7 Å². The normalized spacial score (nSPS) is 11.9.